The quantitative estimate of drug-likeness (QED) is 0.365. The van der Waals surface area contributed by atoms with Crippen molar-refractivity contribution in [1.82, 2.24) is 15.7 Å². The highest BCUT2D eigenvalue weighted by atomic mass is 31.2. The van der Waals surface area contributed by atoms with Gasteiger partial charge < -0.3 is 0 Å². The fraction of sp³-hybridized carbons (Fsp3) is 1.00. The number of hydrogen-bond acceptors (Lipinski definition) is 10. The van der Waals surface area contributed by atoms with Gasteiger partial charge in [-0.05, 0) is 19.3 Å². The summed E-state index contributed by atoms with van der Waals surface area (Å²) in [6.45, 7) is 5.37. The molecule has 3 N–H and O–H groups in total. The van der Waals surface area contributed by atoms with Gasteiger partial charge in [0.05, 0.1) is 19.6 Å². The second-order valence-electron chi connectivity index (χ2n) is 3.92. The van der Waals surface area contributed by atoms with Gasteiger partial charge >= 0.3 is 7.82 Å². The van der Waals surface area contributed by atoms with Crippen molar-refractivity contribution in [3.05, 3.63) is 0 Å². The molecule has 0 aromatic rings. The summed E-state index contributed by atoms with van der Waals surface area (Å²) in [5, 5.41) is 28.8. The Balaban J connectivity index is 4.69. The largest absolute Gasteiger partial charge is 0.531 e. The van der Waals surface area contributed by atoms with E-state index in [-0.39, 0.29) is 35.3 Å². The van der Waals surface area contributed by atoms with Gasteiger partial charge in [-0.25, -0.2) is 4.57 Å². The summed E-state index contributed by atoms with van der Waals surface area (Å²) in [6, 6.07) is 0. The molecule has 122 valence electrons. The smallest absolute Gasteiger partial charge is 0.289 e. The van der Waals surface area contributed by atoms with E-state index in [4.69, 9.17) is 0 Å². The molecule has 0 bridgehead atoms. The lowest BCUT2D eigenvalue weighted by atomic mass is 10.5. The average Bonchev–Trinajstić information content (AvgIpc) is 2.28. The van der Waals surface area contributed by atoms with Gasteiger partial charge in [0.1, 0.15) is 0 Å². The zero-order chi connectivity index (χ0) is 15.6. The molecule has 0 radical (unpaired) electrons. The molecule has 10 nitrogen and oxygen atoms in total. The first-order valence-corrected chi connectivity index (χ1v) is 7.91. The van der Waals surface area contributed by atoms with Crippen molar-refractivity contribution >= 4 is 7.82 Å². The molecular formula is C9H24N3O7P. The van der Waals surface area contributed by atoms with Crippen LogP contribution < -0.4 is 0 Å². The fourth-order valence-corrected chi connectivity index (χ4v) is 2.11. The fourth-order valence-electron chi connectivity index (χ4n) is 1.09. The van der Waals surface area contributed by atoms with Gasteiger partial charge in [-0.15, -0.1) is 0 Å². The second kappa shape index (κ2) is 10.6. The number of phosphoric acid groups is 1. The highest BCUT2D eigenvalue weighted by Crippen LogP contribution is 2.51. The lowest BCUT2D eigenvalue weighted by molar-refractivity contribution is -0.361. The Morgan fingerprint density at radius 2 is 1.00 bits per heavy atom. The van der Waals surface area contributed by atoms with Crippen LogP contribution in [0.15, 0.2) is 0 Å². The summed E-state index contributed by atoms with van der Waals surface area (Å²) in [6.07, 6.45) is 1.52. The van der Waals surface area contributed by atoms with Crippen LogP contribution in [0.4, 0.5) is 0 Å². The molecule has 0 aliphatic heterocycles. The summed E-state index contributed by atoms with van der Waals surface area (Å²) in [5.74, 6) is 0. The molecule has 0 rings (SSSR count). The normalized spacial score (nSPS) is 12.8. The molecule has 0 aliphatic carbocycles. The number of nitrogens with zero attached hydrogens (tertiary/aromatic N) is 3. The van der Waals surface area contributed by atoms with Crippen LogP contribution in [0, 0.1) is 0 Å². The van der Waals surface area contributed by atoms with Gasteiger partial charge in [0.25, 0.3) is 0 Å². The van der Waals surface area contributed by atoms with Crippen molar-refractivity contribution < 1.29 is 34.1 Å². The minimum absolute atomic E-state index is 0.0368. The van der Waals surface area contributed by atoms with E-state index in [0.29, 0.717) is 19.3 Å². The van der Waals surface area contributed by atoms with Gasteiger partial charge in [0, 0.05) is 0 Å². The monoisotopic (exact) mass is 317 g/mol. The first kappa shape index (κ1) is 19.9. The highest BCUT2D eigenvalue weighted by Gasteiger charge is 2.36. The Hall–Kier alpha value is -0.130. The topological polar surface area (TPSA) is 115 Å². The van der Waals surface area contributed by atoms with Crippen molar-refractivity contribution in [1.29, 1.82) is 0 Å². The van der Waals surface area contributed by atoms with Gasteiger partial charge in [-0.3, -0.25) is 15.6 Å². The summed E-state index contributed by atoms with van der Waals surface area (Å²) < 4.78 is 26.0. The maximum absolute atomic E-state index is 12.2. The van der Waals surface area contributed by atoms with Gasteiger partial charge in [0.15, 0.2) is 0 Å². The molecular weight excluding hydrogens is 293 g/mol. The van der Waals surface area contributed by atoms with Crippen molar-refractivity contribution in [3.8, 4) is 0 Å². The molecule has 0 fully saturated rings. The summed E-state index contributed by atoms with van der Waals surface area (Å²) in [7, 11) is -4.45. The molecule has 0 unspecified atom stereocenters. The van der Waals surface area contributed by atoms with Crippen molar-refractivity contribution in [2.75, 3.05) is 19.6 Å². The van der Waals surface area contributed by atoms with Gasteiger partial charge in [-0.1, -0.05) is 36.5 Å². The number of hydroxylamine groups is 6. The van der Waals surface area contributed by atoms with Crippen molar-refractivity contribution in [2.24, 2.45) is 0 Å². The molecule has 0 atom stereocenters. The van der Waals surface area contributed by atoms with E-state index in [1.54, 1.807) is 20.8 Å². The third-order valence-corrected chi connectivity index (χ3v) is 2.99. The molecule has 0 aromatic heterocycles. The lowest BCUT2D eigenvalue weighted by Gasteiger charge is -2.25. The summed E-state index contributed by atoms with van der Waals surface area (Å²) in [4.78, 5) is 0. The van der Waals surface area contributed by atoms with E-state index in [1.165, 1.54) is 0 Å². The average molecular weight is 317 g/mol. The van der Waals surface area contributed by atoms with Crippen LogP contribution in [-0.4, -0.2) is 50.9 Å². The predicted octanol–water partition coefficient (Wildman–Crippen LogP) is 2.19. The van der Waals surface area contributed by atoms with Gasteiger partial charge in [-0.2, -0.15) is 13.9 Å². The number of hydrogen-bond donors (Lipinski definition) is 3. The Bertz CT molecular complexity index is 254. The highest BCUT2D eigenvalue weighted by molar-refractivity contribution is 7.48. The standard InChI is InChI=1S/C9H24N3O7P/c1-4-7-10(13)17-20(16,18-11(14)8-5-2)19-12(15)9-6-3/h13-15H,4-9H2,1-3H3. The van der Waals surface area contributed by atoms with Crippen molar-refractivity contribution in [3.63, 3.8) is 0 Å². The van der Waals surface area contributed by atoms with E-state index in [1.807, 2.05) is 0 Å². The molecule has 0 saturated carbocycles. The maximum Gasteiger partial charge on any atom is 0.531 e. The summed E-state index contributed by atoms with van der Waals surface area (Å²) in [5.41, 5.74) is 0. The molecule has 11 heteroatoms. The van der Waals surface area contributed by atoms with Crippen LogP contribution in [0.25, 0.3) is 0 Å². The first-order valence-electron chi connectivity index (χ1n) is 6.45. The first-order chi connectivity index (χ1) is 9.36. The maximum atomic E-state index is 12.2. The molecule has 0 spiro atoms. The minimum atomic E-state index is -4.45. The van der Waals surface area contributed by atoms with E-state index < -0.39 is 7.82 Å². The molecule has 0 aromatic carbocycles. The second-order valence-corrected chi connectivity index (χ2v) is 5.30. The molecule has 0 saturated heterocycles. The third kappa shape index (κ3) is 8.93. The van der Waals surface area contributed by atoms with Crippen LogP contribution in [0.3, 0.4) is 0 Å². The predicted molar refractivity (Wildman–Crippen MR) is 67.2 cm³/mol. The van der Waals surface area contributed by atoms with Crippen LogP contribution >= 0.6 is 7.82 Å². The molecule has 0 amide bonds. The SMILES string of the molecule is CCCN(O)OP(=O)(ON(O)CCC)ON(O)CCC. The lowest BCUT2D eigenvalue weighted by Crippen LogP contribution is -2.29. The van der Waals surface area contributed by atoms with E-state index >= 15 is 0 Å². The van der Waals surface area contributed by atoms with Gasteiger partial charge in [0.2, 0.25) is 0 Å². The van der Waals surface area contributed by atoms with E-state index in [2.05, 4.69) is 13.9 Å². The van der Waals surface area contributed by atoms with Crippen LogP contribution in [0.2, 0.25) is 0 Å². The third-order valence-electron chi connectivity index (χ3n) is 1.83. The summed E-state index contributed by atoms with van der Waals surface area (Å²) >= 11 is 0. The molecule has 20 heavy (non-hydrogen) atoms. The Morgan fingerprint density at radius 1 is 0.750 bits per heavy atom. The van der Waals surface area contributed by atoms with Crippen LogP contribution in [0.1, 0.15) is 40.0 Å². The zero-order valence-electron chi connectivity index (χ0n) is 12.0. The molecule has 0 aliphatic rings. The number of rotatable bonds is 12. The van der Waals surface area contributed by atoms with E-state index in [0.717, 1.165) is 0 Å². The minimum Gasteiger partial charge on any atom is -0.289 e. The Morgan fingerprint density at radius 3 is 1.20 bits per heavy atom. The Kier molecular flexibility index (Phi) is 10.5. The Labute approximate surface area is 118 Å². The molecule has 0 heterocycles. The van der Waals surface area contributed by atoms with E-state index in [9.17, 15) is 20.2 Å². The van der Waals surface area contributed by atoms with Crippen molar-refractivity contribution in [2.45, 2.75) is 40.0 Å². The van der Waals surface area contributed by atoms with Crippen LogP contribution in [-0.2, 0) is 18.4 Å². The zero-order valence-corrected chi connectivity index (χ0v) is 12.9. The van der Waals surface area contributed by atoms with Crippen LogP contribution in [0.5, 0.6) is 0 Å².